The molecule has 1 unspecified atom stereocenters. The second-order valence-electron chi connectivity index (χ2n) is 6.77. The van der Waals surface area contributed by atoms with Gasteiger partial charge in [-0.15, -0.1) is 0 Å². The van der Waals surface area contributed by atoms with Crippen molar-refractivity contribution in [2.24, 2.45) is 0 Å². The van der Waals surface area contributed by atoms with E-state index in [1.54, 1.807) is 18.2 Å². The van der Waals surface area contributed by atoms with Crippen LogP contribution >= 0.6 is 23.2 Å². The predicted octanol–water partition coefficient (Wildman–Crippen LogP) is 4.61. The zero-order valence-corrected chi connectivity index (χ0v) is 18.3. The van der Waals surface area contributed by atoms with Crippen LogP contribution in [0, 0.1) is 0 Å². The van der Waals surface area contributed by atoms with Crippen molar-refractivity contribution in [3.63, 3.8) is 0 Å². The number of nitrogens with one attached hydrogen (secondary N) is 1. The summed E-state index contributed by atoms with van der Waals surface area (Å²) in [6, 6.07) is 10.5. The third-order valence-corrected chi connectivity index (χ3v) is 4.96. The maximum atomic E-state index is 12.3. The summed E-state index contributed by atoms with van der Waals surface area (Å²) < 4.78 is 15.8. The minimum atomic E-state index is -0.782. The first kappa shape index (κ1) is 22.7. The first-order valence-electron chi connectivity index (χ1n) is 9.44. The number of halogens is 2. The second kappa shape index (κ2) is 9.85. The Kier molecular flexibility index (Phi) is 7.20. The van der Waals surface area contributed by atoms with Crippen molar-refractivity contribution < 1.29 is 23.5 Å². The van der Waals surface area contributed by atoms with E-state index >= 15 is 0 Å². The van der Waals surface area contributed by atoms with Gasteiger partial charge in [0.25, 0.3) is 5.91 Å². The highest BCUT2D eigenvalue weighted by Gasteiger charge is 2.16. The molecule has 1 heterocycles. The zero-order chi connectivity index (χ0) is 22.5. The first-order valence-corrected chi connectivity index (χ1v) is 10.2. The number of benzene rings is 2. The lowest BCUT2D eigenvalue weighted by Gasteiger charge is -2.11. The standard InChI is InChI=1S/C22H19Cl2NO6/c1-3-12(2)25-21(27)16-8-13-4-6-15(10-18(13)31-22(16)28)30-20(26)11-29-19-9-14(23)5-7-17(19)24/h4-10,12H,3,11H2,1-2H3,(H,25,27). The van der Waals surface area contributed by atoms with E-state index in [0.29, 0.717) is 15.4 Å². The minimum absolute atomic E-state index is 0.0756. The number of esters is 1. The number of hydrogen-bond acceptors (Lipinski definition) is 6. The van der Waals surface area contributed by atoms with E-state index in [0.717, 1.165) is 6.42 Å². The Labute approximate surface area is 187 Å². The van der Waals surface area contributed by atoms with Crippen LogP contribution in [0.2, 0.25) is 10.0 Å². The van der Waals surface area contributed by atoms with Crippen LogP contribution in [0.5, 0.6) is 11.5 Å². The fraction of sp³-hybridized carbons (Fsp3) is 0.227. The molecule has 0 aliphatic heterocycles. The van der Waals surface area contributed by atoms with Gasteiger partial charge in [0.05, 0.1) is 5.02 Å². The molecule has 31 heavy (non-hydrogen) atoms. The van der Waals surface area contributed by atoms with Crippen LogP contribution in [-0.4, -0.2) is 24.5 Å². The summed E-state index contributed by atoms with van der Waals surface area (Å²) in [6.07, 6.45) is 0.729. The SMILES string of the molecule is CCC(C)NC(=O)c1cc2ccc(OC(=O)COc3cc(Cl)ccc3Cl)cc2oc1=O. The molecule has 9 heteroatoms. The molecule has 0 saturated heterocycles. The molecule has 162 valence electrons. The molecule has 0 fully saturated rings. The molecule has 3 rings (SSSR count). The number of fused-ring (bicyclic) bond motifs is 1. The van der Waals surface area contributed by atoms with Gasteiger partial charge in [-0.05, 0) is 43.7 Å². The third kappa shape index (κ3) is 5.77. The van der Waals surface area contributed by atoms with Gasteiger partial charge in [-0.2, -0.15) is 0 Å². The molecule has 0 aliphatic rings. The van der Waals surface area contributed by atoms with Crippen LogP contribution in [0.1, 0.15) is 30.6 Å². The summed E-state index contributed by atoms with van der Waals surface area (Å²) in [7, 11) is 0. The Morgan fingerprint density at radius 3 is 2.65 bits per heavy atom. The molecule has 1 N–H and O–H groups in total. The molecular weight excluding hydrogens is 445 g/mol. The monoisotopic (exact) mass is 463 g/mol. The fourth-order valence-corrected chi connectivity index (χ4v) is 2.94. The van der Waals surface area contributed by atoms with E-state index in [2.05, 4.69) is 5.32 Å². The van der Waals surface area contributed by atoms with Crippen molar-refractivity contribution in [3.8, 4) is 11.5 Å². The molecular formula is C22H19Cl2NO6. The van der Waals surface area contributed by atoms with Crippen molar-refractivity contribution in [3.05, 3.63) is 68.5 Å². The molecule has 0 aliphatic carbocycles. The highest BCUT2D eigenvalue weighted by atomic mass is 35.5. The number of amides is 1. The molecule has 0 radical (unpaired) electrons. The Balaban J connectivity index is 1.71. The summed E-state index contributed by atoms with van der Waals surface area (Å²) in [5, 5.41) is 3.95. The van der Waals surface area contributed by atoms with Gasteiger partial charge < -0.3 is 19.2 Å². The lowest BCUT2D eigenvalue weighted by atomic mass is 10.1. The summed E-state index contributed by atoms with van der Waals surface area (Å²) >= 11 is 11.9. The molecule has 0 bridgehead atoms. The second-order valence-corrected chi connectivity index (χ2v) is 7.61. The van der Waals surface area contributed by atoms with Crippen LogP contribution in [0.4, 0.5) is 0 Å². The Hall–Kier alpha value is -3.03. The molecule has 3 aromatic rings. The summed E-state index contributed by atoms with van der Waals surface area (Å²) in [6.45, 7) is 3.35. The Morgan fingerprint density at radius 1 is 1.13 bits per heavy atom. The van der Waals surface area contributed by atoms with Gasteiger partial charge in [-0.1, -0.05) is 30.1 Å². The van der Waals surface area contributed by atoms with Crippen molar-refractivity contribution in [2.45, 2.75) is 26.3 Å². The normalized spacial score (nSPS) is 11.7. The van der Waals surface area contributed by atoms with Crippen molar-refractivity contribution in [1.82, 2.24) is 5.32 Å². The zero-order valence-electron chi connectivity index (χ0n) is 16.7. The van der Waals surface area contributed by atoms with Crippen LogP contribution < -0.4 is 20.4 Å². The molecule has 1 atom stereocenters. The summed E-state index contributed by atoms with van der Waals surface area (Å²) in [4.78, 5) is 36.6. The van der Waals surface area contributed by atoms with E-state index in [9.17, 15) is 14.4 Å². The van der Waals surface area contributed by atoms with Crippen LogP contribution in [0.25, 0.3) is 11.0 Å². The van der Waals surface area contributed by atoms with E-state index < -0.39 is 24.1 Å². The van der Waals surface area contributed by atoms with Gasteiger partial charge >= 0.3 is 11.6 Å². The predicted molar refractivity (Wildman–Crippen MR) is 117 cm³/mol. The maximum absolute atomic E-state index is 12.3. The molecule has 1 aromatic heterocycles. The van der Waals surface area contributed by atoms with Crippen LogP contribution in [0.3, 0.4) is 0 Å². The summed E-state index contributed by atoms with van der Waals surface area (Å²) in [5.74, 6) is -0.795. The first-order chi connectivity index (χ1) is 14.8. The molecule has 0 spiro atoms. The number of carbonyl (C=O) groups is 2. The minimum Gasteiger partial charge on any atom is -0.480 e. The largest absolute Gasteiger partial charge is 0.480 e. The van der Waals surface area contributed by atoms with Gasteiger partial charge in [-0.25, -0.2) is 9.59 Å². The fourth-order valence-electron chi connectivity index (χ4n) is 2.60. The average Bonchev–Trinajstić information content (AvgIpc) is 2.73. The van der Waals surface area contributed by atoms with Gasteiger partial charge in [0.1, 0.15) is 22.6 Å². The number of hydrogen-bond donors (Lipinski definition) is 1. The Bertz CT molecular complexity index is 1190. The maximum Gasteiger partial charge on any atom is 0.349 e. The lowest BCUT2D eigenvalue weighted by molar-refractivity contribution is -0.136. The van der Waals surface area contributed by atoms with Gasteiger partial charge in [-0.3, -0.25) is 4.79 Å². The third-order valence-electron chi connectivity index (χ3n) is 4.41. The smallest absolute Gasteiger partial charge is 0.349 e. The molecule has 7 nitrogen and oxygen atoms in total. The molecule has 0 saturated carbocycles. The number of ether oxygens (including phenoxy) is 2. The van der Waals surface area contributed by atoms with E-state index in [1.165, 1.54) is 24.3 Å². The van der Waals surface area contributed by atoms with E-state index in [1.807, 2.05) is 13.8 Å². The average molecular weight is 464 g/mol. The van der Waals surface area contributed by atoms with E-state index in [4.69, 9.17) is 37.1 Å². The topological polar surface area (TPSA) is 94.8 Å². The number of carbonyl (C=O) groups excluding carboxylic acids is 2. The van der Waals surface area contributed by atoms with Crippen molar-refractivity contribution in [1.29, 1.82) is 0 Å². The van der Waals surface area contributed by atoms with Gasteiger partial charge in [0, 0.05) is 28.6 Å². The van der Waals surface area contributed by atoms with Crippen molar-refractivity contribution in [2.75, 3.05) is 6.61 Å². The molecule has 1 amide bonds. The number of rotatable bonds is 7. The highest BCUT2D eigenvalue weighted by Crippen LogP contribution is 2.28. The quantitative estimate of drug-likeness (QED) is 0.312. The highest BCUT2D eigenvalue weighted by molar-refractivity contribution is 6.34. The van der Waals surface area contributed by atoms with Gasteiger partial charge in [0.15, 0.2) is 6.61 Å². The van der Waals surface area contributed by atoms with Crippen LogP contribution in [0.15, 0.2) is 51.7 Å². The summed E-state index contributed by atoms with van der Waals surface area (Å²) in [5.41, 5.74) is -0.700. The Morgan fingerprint density at radius 2 is 1.90 bits per heavy atom. The van der Waals surface area contributed by atoms with Crippen molar-refractivity contribution >= 4 is 46.0 Å². The lowest BCUT2D eigenvalue weighted by Crippen LogP contribution is -2.34. The van der Waals surface area contributed by atoms with Gasteiger partial charge in [0.2, 0.25) is 0 Å². The molecule has 2 aromatic carbocycles. The van der Waals surface area contributed by atoms with E-state index in [-0.39, 0.29) is 28.7 Å². The van der Waals surface area contributed by atoms with Crippen LogP contribution in [-0.2, 0) is 4.79 Å².